The number of aromatic amines is 1. The van der Waals surface area contributed by atoms with Crippen LogP contribution in [0.5, 0.6) is 0 Å². The van der Waals surface area contributed by atoms with Crippen molar-refractivity contribution in [1.82, 2.24) is 9.55 Å². The van der Waals surface area contributed by atoms with E-state index in [9.17, 15) is 14.4 Å². The number of hydrogen-bond acceptors (Lipinski definition) is 7. The molecule has 0 radical (unpaired) electrons. The number of methoxy groups -OCH3 is 1. The molecule has 1 aliphatic heterocycles. The van der Waals surface area contributed by atoms with Gasteiger partial charge in [-0.3, -0.25) is 14.3 Å². The first-order chi connectivity index (χ1) is 29.8. The predicted octanol–water partition coefficient (Wildman–Crippen LogP) is 8.81. The zero-order valence-electron chi connectivity index (χ0n) is 33.3. The lowest BCUT2D eigenvalue weighted by molar-refractivity contribution is -0.134. The van der Waals surface area contributed by atoms with E-state index in [1.807, 2.05) is 146 Å². The molecule has 61 heavy (non-hydrogen) atoms. The molecular weight excluding hydrogens is 879 g/mol. The lowest BCUT2D eigenvalue weighted by Gasteiger charge is -2.40. The molecule has 8 rings (SSSR count). The van der Waals surface area contributed by atoms with Crippen molar-refractivity contribution in [2.24, 2.45) is 0 Å². The number of halogens is 1. The van der Waals surface area contributed by atoms with Crippen molar-refractivity contribution in [3.63, 3.8) is 0 Å². The fraction of sp³-hybridized carbons (Fsp3) is 0.157. The molecule has 6 aromatic carbocycles. The van der Waals surface area contributed by atoms with Gasteiger partial charge in [0.15, 0.2) is 6.23 Å². The third-order valence-electron chi connectivity index (χ3n) is 11.0. The molecule has 1 aliphatic rings. The number of alkyl halides is 1. The van der Waals surface area contributed by atoms with E-state index in [0.717, 1.165) is 39.5 Å². The van der Waals surface area contributed by atoms with E-state index in [1.165, 1.54) is 23.9 Å². The Morgan fingerprint density at radius 1 is 0.656 bits per heavy atom. The van der Waals surface area contributed by atoms with E-state index in [1.54, 1.807) is 0 Å². The van der Waals surface area contributed by atoms with Crippen LogP contribution in [0.1, 0.15) is 45.2 Å². The number of carbonyl (C=O) groups excluding carboxylic acids is 1. The number of rotatable bonds is 14. The second-order valence-corrected chi connectivity index (χ2v) is 16.0. The first kappa shape index (κ1) is 41.5. The van der Waals surface area contributed by atoms with Gasteiger partial charge < -0.3 is 18.9 Å². The van der Waals surface area contributed by atoms with Crippen LogP contribution < -0.4 is 11.2 Å². The summed E-state index contributed by atoms with van der Waals surface area (Å²) >= 11 is 2.36. The fourth-order valence-electron chi connectivity index (χ4n) is 8.12. The topological polar surface area (TPSA) is 109 Å². The monoisotopic (exact) mass is 922 g/mol. The van der Waals surface area contributed by atoms with Crippen LogP contribution in [0.4, 0.5) is 0 Å². The Bertz CT molecular complexity index is 2480. The third-order valence-corrected chi connectivity index (χ3v) is 12.5. The Morgan fingerprint density at radius 2 is 1.05 bits per heavy atom. The zero-order valence-corrected chi connectivity index (χ0v) is 35.4. The van der Waals surface area contributed by atoms with Gasteiger partial charge in [-0.2, -0.15) is 0 Å². The van der Waals surface area contributed by atoms with Crippen molar-refractivity contribution in [2.45, 2.75) is 33.6 Å². The van der Waals surface area contributed by atoms with Crippen LogP contribution in [0.2, 0.25) is 0 Å². The lowest BCUT2D eigenvalue weighted by atomic mass is 9.79. The minimum absolute atomic E-state index is 0.0498. The lowest BCUT2D eigenvalue weighted by Crippen LogP contribution is -2.44. The van der Waals surface area contributed by atoms with Crippen LogP contribution in [0.15, 0.2) is 204 Å². The number of nitrogens with one attached hydrogen (secondary N) is 1. The summed E-state index contributed by atoms with van der Waals surface area (Å²) in [5, 5.41) is 0. The van der Waals surface area contributed by atoms with Gasteiger partial charge in [-0.25, -0.2) is 9.59 Å². The van der Waals surface area contributed by atoms with Gasteiger partial charge in [0.1, 0.15) is 17.3 Å². The minimum Gasteiger partial charge on any atom is -0.466 e. The highest BCUT2D eigenvalue weighted by Gasteiger charge is 2.52. The van der Waals surface area contributed by atoms with Crippen molar-refractivity contribution < 1.29 is 23.7 Å². The number of aromatic nitrogens is 2. The summed E-state index contributed by atoms with van der Waals surface area (Å²) in [5.74, 6) is -0.655. The van der Waals surface area contributed by atoms with Gasteiger partial charge in [-0.1, -0.05) is 205 Å². The fourth-order valence-corrected chi connectivity index (χ4v) is 8.99. The van der Waals surface area contributed by atoms with Gasteiger partial charge in [0.05, 0.1) is 29.3 Å². The summed E-state index contributed by atoms with van der Waals surface area (Å²) in [4.78, 5) is 41.7. The zero-order chi connectivity index (χ0) is 42.2. The maximum atomic E-state index is 14.0. The van der Waals surface area contributed by atoms with Crippen molar-refractivity contribution in [1.29, 1.82) is 0 Å². The molecule has 306 valence electrons. The van der Waals surface area contributed by atoms with E-state index in [2.05, 4.69) is 64.0 Å². The number of esters is 1. The van der Waals surface area contributed by atoms with Crippen LogP contribution in [0, 0.1) is 0 Å². The number of H-pyrrole nitrogens is 1. The molecule has 7 aromatic rings. The van der Waals surface area contributed by atoms with Crippen LogP contribution in [-0.2, 0) is 34.9 Å². The summed E-state index contributed by atoms with van der Waals surface area (Å²) in [7, 11) is 1.25. The Hall–Kier alpha value is -6.18. The molecule has 0 unspecified atom stereocenters. The standard InChI is InChI=1S/C51H43IN2O7/c1-58-44(55)33-32-36-34-54(49(57)53-47(36)56)48-46(61-51(40-26-14-5-15-27-40,41-28-16-6-17-29-41)42-30-18-7-19-31-42)45(52)43(60-48)35-59-50(37-20-8-2-9-21-37,38-22-10-3-11-23-38)39-24-12-4-13-25-39/h2-34,43,45-46,48H,35H2,1H3,(H,53,56,57)/t43-,45-,46-,48-/m1/s1. The minimum atomic E-state index is -1.20. The van der Waals surface area contributed by atoms with Crippen molar-refractivity contribution in [2.75, 3.05) is 13.7 Å². The van der Waals surface area contributed by atoms with Gasteiger partial charge in [0.25, 0.3) is 5.56 Å². The molecule has 9 nitrogen and oxygen atoms in total. The van der Waals surface area contributed by atoms with Gasteiger partial charge in [0, 0.05) is 12.3 Å². The molecule has 0 bridgehead atoms. The van der Waals surface area contributed by atoms with Crippen LogP contribution in [0.3, 0.4) is 0 Å². The van der Waals surface area contributed by atoms with E-state index in [4.69, 9.17) is 18.9 Å². The summed E-state index contributed by atoms with van der Waals surface area (Å²) < 4.78 is 27.7. The Kier molecular flexibility index (Phi) is 12.7. The largest absolute Gasteiger partial charge is 0.466 e. The SMILES string of the molecule is COC(=O)C=Cc1cn([C@@H]2O[C@H](COC(c3ccccc3)(c3ccccc3)c3ccccc3)[C@@H](I)[C@H]2OC(c2ccccc2)(c2ccccc2)c2ccccc2)c(=O)[nH]c1=O. The molecule has 0 saturated carbocycles. The molecule has 1 saturated heterocycles. The molecule has 0 spiro atoms. The molecule has 1 aromatic heterocycles. The number of nitrogens with zero attached hydrogens (tertiary/aromatic N) is 1. The third kappa shape index (κ3) is 8.32. The summed E-state index contributed by atoms with van der Waals surface area (Å²) in [6.07, 6.45) is 1.26. The molecule has 4 atom stereocenters. The van der Waals surface area contributed by atoms with Crippen LogP contribution in [0.25, 0.3) is 6.08 Å². The van der Waals surface area contributed by atoms with Gasteiger partial charge in [-0.15, -0.1) is 0 Å². The molecule has 2 heterocycles. The maximum Gasteiger partial charge on any atom is 0.330 e. The molecular formula is C51H43IN2O7. The molecule has 0 amide bonds. The smallest absolute Gasteiger partial charge is 0.330 e. The first-order valence-electron chi connectivity index (χ1n) is 19.9. The molecule has 1 N–H and O–H groups in total. The van der Waals surface area contributed by atoms with Crippen molar-refractivity contribution in [3.05, 3.63) is 254 Å². The van der Waals surface area contributed by atoms with E-state index in [0.29, 0.717) is 0 Å². The second kappa shape index (κ2) is 18.6. The average Bonchev–Trinajstić information content (AvgIpc) is 3.63. The molecule has 10 heteroatoms. The predicted molar refractivity (Wildman–Crippen MR) is 243 cm³/mol. The highest BCUT2D eigenvalue weighted by Crippen LogP contribution is 2.48. The van der Waals surface area contributed by atoms with E-state index >= 15 is 0 Å². The number of benzene rings is 6. The average molecular weight is 923 g/mol. The summed E-state index contributed by atoms with van der Waals surface area (Å²) in [6.45, 7) is 0.0743. The Morgan fingerprint density at radius 3 is 1.44 bits per heavy atom. The molecule has 0 aliphatic carbocycles. The maximum absolute atomic E-state index is 14.0. The summed E-state index contributed by atoms with van der Waals surface area (Å²) in [5.41, 5.74) is 1.78. The number of hydrogen-bond donors (Lipinski definition) is 1. The van der Waals surface area contributed by atoms with Crippen molar-refractivity contribution in [3.8, 4) is 0 Å². The van der Waals surface area contributed by atoms with Crippen LogP contribution >= 0.6 is 22.6 Å². The van der Waals surface area contributed by atoms with E-state index < -0.39 is 50.8 Å². The normalized spacial score (nSPS) is 17.9. The Labute approximate surface area is 367 Å². The van der Waals surface area contributed by atoms with Gasteiger partial charge in [0.2, 0.25) is 0 Å². The molecule has 1 fully saturated rings. The quantitative estimate of drug-likeness (QED) is 0.0382. The van der Waals surface area contributed by atoms with Crippen molar-refractivity contribution >= 4 is 34.6 Å². The highest BCUT2D eigenvalue weighted by atomic mass is 127. The Balaban J connectivity index is 1.29. The number of carbonyl (C=O) groups is 1. The van der Waals surface area contributed by atoms with Crippen LogP contribution in [-0.4, -0.2) is 45.4 Å². The first-order valence-corrected chi connectivity index (χ1v) is 21.2. The summed E-state index contributed by atoms with van der Waals surface area (Å²) in [6, 6.07) is 60.2. The van der Waals surface area contributed by atoms with Gasteiger partial charge >= 0.3 is 11.7 Å². The number of ether oxygens (including phenoxy) is 4. The second-order valence-electron chi connectivity index (χ2n) is 14.6. The highest BCUT2D eigenvalue weighted by molar-refractivity contribution is 14.1. The van der Waals surface area contributed by atoms with Gasteiger partial charge in [-0.05, 0) is 39.5 Å². The van der Waals surface area contributed by atoms with E-state index in [-0.39, 0.29) is 12.2 Å².